The van der Waals surface area contributed by atoms with Crippen molar-refractivity contribution in [2.75, 3.05) is 131 Å². The molecule has 664 valence electrons. The molecule has 2 aliphatic rings. The third-order valence-electron chi connectivity index (χ3n) is 17.2. The molecule has 0 bridgehead atoms. The van der Waals surface area contributed by atoms with E-state index < -0.39 is 50.7 Å². The van der Waals surface area contributed by atoms with E-state index in [4.69, 9.17) is 121 Å². The number of non-ortho nitro benzene ring substituents is 1. The lowest BCUT2D eigenvalue weighted by Crippen LogP contribution is -2.39. The minimum atomic E-state index is -3.88. The highest BCUT2D eigenvalue weighted by Crippen LogP contribution is 2.27. The zero-order valence-corrected chi connectivity index (χ0v) is 69.2. The summed E-state index contributed by atoms with van der Waals surface area (Å²) in [7, 11) is -2.22. The monoisotopic (exact) mass is 1740 g/mol. The molecule has 37 nitrogen and oxygen atoms in total. The topological polar surface area (TPSA) is 729 Å². The number of nitro benzene ring substituents is 1. The predicted octanol–water partition coefficient (Wildman–Crippen LogP) is 9.60. The number of carbonyl (C=O) groups is 6. The van der Waals surface area contributed by atoms with E-state index in [0.717, 1.165) is 92.5 Å². The van der Waals surface area contributed by atoms with Crippen LogP contribution in [-0.4, -0.2) is 133 Å². The molecule has 0 spiro atoms. The maximum Gasteiger partial charge on any atom is 0.339 e. The number of ether oxygens (including phenoxy) is 2. The van der Waals surface area contributed by atoms with Crippen LogP contribution in [0, 0.1) is 10.1 Å². The molecule has 13 rings (SSSR count). The van der Waals surface area contributed by atoms with Crippen LogP contribution in [0.3, 0.4) is 0 Å². The van der Waals surface area contributed by atoms with Gasteiger partial charge in [-0.25, -0.2) is 27.5 Å². The summed E-state index contributed by atoms with van der Waals surface area (Å²) >= 11 is 0. The Bertz CT molecular complexity index is 5290. The van der Waals surface area contributed by atoms with E-state index in [-0.39, 0.29) is 57.2 Å². The Morgan fingerprint density at radius 3 is 1.38 bits per heavy atom. The molecule has 1 aliphatic heterocycles. The van der Waals surface area contributed by atoms with Gasteiger partial charge in [-0.15, -0.1) is 0 Å². The molecule has 38 heteroatoms. The van der Waals surface area contributed by atoms with Gasteiger partial charge in [0.25, 0.3) is 21.6 Å². The normalized spacial score (nSPS) is 12.6. The molecule has 1 amide bonds. The number of para-hydroxylation sites is 1. The number of nitrogen functional groups attached to an aromatic ring is 13. The number of carbonyl (C=O) groups excluding carboxylic acids is 1. The molecular weight excluding hydrogens is 1630 g/mol. The lowest BCUT2D eigenvalue weighted by atomic mass is 9.92. The second kappa shape index (κ2) is 53.0. The van der Waals surface area contributed by atoms with E-state index in [1.165, 1.54) is 114 Å². The average molecular weight is 1740 g/mol. The number of nitro groups is 1. The predicted molar refractivity (Wildman–Crippen MR) is 493 cm³/mol. The Balaban J connectivity index is 0.000000293. The van der Waals surface area contributed by atoms with Crippen molar-refractivity contribution in [3.8, 4) is 11.5 Å². The van der Waals surface area contributed by atoms with Gasteiger partial charge in [-0.3, -0.25) is 24.5 Å². The smallest absolute Gasteiger partial charge is 0.339 e. The Labute approximate surface area is 722 Å². The molecule has 2 fully saturated rings. The fourth-order valence-corrected chi connectivity index (χ4v) is 11.7. The minimum Gasteiger partial charge on any atom is -0.481 e. The lowest BCUT2D eigenvalue weighted by molar-refractivity contribution is -0.384. The number of carboxylic acid groups (broad SMARTS) is 5. The number of aromatic carboxylic acids is 3. The largest absolute Gasteiger partial charge is 0.481 e. The summed E-state index contributed by atoms with van der Waals surface area (Å²) in [5.74, 6) is -3.83. The third kappa shape index (κ3) is 39.8. The number of hydrogen-bond acceptors (Lipinski definition) is 30. The van der Waals surface area contributed by atoms with Crippen molar-refractivity contribution in [3.63, 3.8) is 0 Å². The molecule has 1 saturated carbocycles. The first-order valence-electron chi connectivity index (χ1n) is 38.0. The number of sulfonamides is 1. The van der Waals surface area contributed by atoms with Crippen LogP contribution in [0.4, 0.5) is 91.0 Å². The van der Waals surface area contributed by atoms with Gasteiger partial charge >= 0.3 is 29.8 Å². The molecule has 0 atom stereocenters. The highest BCUT2D eigenvalue weighted by Gasteiger charge is 2.21. The molecule has 11 aromatic rings. The molecule has 38 N–H and O–H groups in total. The summed E-state index contributed by atoms with van der Waals surface area (Å²) in [5.41, 5.74) is 92.0. The van der Waals surface area contributed by atoms with Crippen molar-refractivity contribution >= 4 is 137 Å². The van der Waals surface area contributed by atoms with E-state index in [0.29, 0.717) is 69.8 Å². The number of nitrogens with zero attached hydrogens (tertiary/aromatic N) is 2. The maximum absolute atomic E-state index is 12.0. The van der Waals surface area contributed by atoms with E-state index in [1.807, 2.05) is 95.7 Å². The standard InChI is InChI=1S/C13H12N2O3S.C12H11NO.C10H14N2O.C8H16N2O2.C8H12N2.C8H9NO2.2C7H9N3O2.2C7H8N2O2/c14-11-6-8-12(9-7-11)19(17,18)15-13(16)10-4-2-1-3-5-10;13-10-6-8-12(9-7-10)14-11-4-2-1-3-5-11;11-9-1-3-10(4-2-9)12-5-7-13-8-6-12;9-6-1-3-7(4-2-6)10-5-8(11)12;9-6-5-7-1-3-8(10)4-2-7;9-7-3-1-6(2-4-7)5-8(10)11;1-9-7-4-5(10(11)12)2-3-6(7)8;8-3-1-4(9)6(7(11)12)5(10)2-3;8-5-1-4(7(10)11)2-6(9)3-5;8-5-2-1-4(7(10)11)3-6(5)9/h1-9H,14H2,(H,15,16);1-9H,13H2;1-4H,5-8,11H2;6-7,10H,1-5,9H2,(H,11,12);1-4H,5-6,9-10H2;1-4H,5,9H2,(H,10,11);2-4,9H,8H2,1H3;1-2H,8-10H2,(H,11,12);2*1-3H,8-9H2,(H,10,11). The summed E-state index contributed by atoms with van der Waals surface area (Å²) in [6, 6.07) is 69.4. The van der Waals surface area contributed by atoms with Gasteiger partial charge in [-0.05, 0) is 226 Å². The van der Waals surface area contributed by atoms with Crippen LogP contribution in [0.5, 0.6) is 11.5 Å². The highest BCUT2D eigenvalue weighted by atomic mass is 32.2. The molecule has 1 saturated heterocycles. The molecular formula is C87H108N20O17S. The van der Waals surface area contributed by atoms with Gasteiger partial charge in [0.1, 0.15) is 17.1 Å². The number of aliphatic carboxylic acids is 2. The van der Waals surface area contributed by atoms with Gasteiger partial charge in [0.05, 0.1) is 81.2 Å². The third-order valence-corrected chi connectivity index (χ3v) is 18.5. The molecule has 11 aromatic carbocycles. The summed E-state index contributed by atoms with van der Waals surface area (Å²) in [5, 5.41) is 58.5. The molecule has 0 aromatic heterocycles. The fraction of sp³-hybridized carbons (Fsp3) is 0.172. The van der Waals surface area contributed by atoms with Crippen LogP contribution < -0.4 is 111 Å². The number of rotatable bonds is 18. The van der Waals surface area contributed by atoms with Crippen molar-refractivity contribution in [2.24, 2.45) is 11.5 Å². The van der Waals surface area contributed by atoms with Crippen LogP contribution in [0.15, 0.2) is 254 Å². The van der Waals surface area contributed by atoms with Gasteiger partial charge in [0, 0.05) is 101 Å². The van der Waals surface area contributed by atoms with E-state index in [2.05, 4.69) is 27.7 Å². The van der Waals surface area contributed by atoms with Gasteiger partial charge in [0.2, 0.25) is 0 Å². The Morgan fingerprint density at radius 1 is 0.472 bits per heavy atom. The van der Waals surface area contributed by atoms with Crippen LogP contribution in [-0.2, 0) is 37.2 Å². The molecule has 0 radical (unpaired) electrons. The average Bonchev–Trinajstić information content (AvgIpc) is 0.829. The number of anilines is 15. The Kier molecular flexibility index (Phi) is 43.1. The zero-order valence-electron chi connectivity index (χ0n) is 68.4. The molecule has 1 heterocycles. The number of morpholine rings is 1. The number of nitrogens with one attached hydrogen (secondary N) is 3. The number of carboxylic acids is 5. The summed E-state index contributed by atoms with van der Waals surface area (Å²) in [4.78, 5) is 75.7. The van der Waals surface area contributed by atoms with Gasteiger partial charge < -0.3 is 137 Å². The first-order chi connectivity index (χ1) is 59.2. The summed E-state index contributed by atoms with van der Waals surface area (Å²) in [6.45, 7) is 4.37. The van der Waals surface area contributed by atoms with Crippen molar-refractivity contribution in [1.82, 2.24) is 10.0 Å². The molecule has 1 aliphatic carbocycles. The number of nitrogens with two attached hydrogens (primary N) is 15. The summed E-state index contributed by atoms with van der Waals surface area (Å²) in [6.07, 6.45) is 5.03. The van der Waals surface area contributed by atoms with E-state index in [1.54, 1.807) is 49.5 Å². The van der Waals surface area contributed by atoms with Crippen LogP contribution in [0.25, 0.3) is 0 Å². The second-order valence-corrected chi connectivity index (χ2v) is 28.7. The number of amides is 1. The van der Waals surface area contributed by atoms with Crippen molar-refractivity contribution < 1.29 is 77.1 Å². The minimum absolute atomic E-state index is 0.00835. The van der Waals surface area contributed by atoms with Crippen molar-refractivity contribution in [3.05, 3.63) is 292 Å². The fourth-order valence-electron chi connectivity index (χ4n) is 10.7. The van der Waals surface area contributed by atoms with Crippen molar-refractivity contribution in [1.29, 1.82) is 0 Å². The van der Waals surface area contributed by atoms with Crippen LogP contribution in [0.1, 0.15) is 78.2 Å². The van der Waals surface area contributed by atoms with Gasteiger partial charge in [-0.1, -0.05) is 60.7 Å². The van der Waals surface area contributed by atoms with Gasteiger partial charge in [0.15, 0.2) is 0 Å². The maximum atomic E-state index is 12.0. The molecule has 0 unspecified atom stereocenters. The van der Waals surface area contributed by atoms with Crippen LogP contribution >= 0.6 is 0 Å². The summed E-state index contributed by atoms with van der Waals surface area (Å²) < 4.78 is 36.8. The SMILES string of the molecule is CNc1cc([N+](=O)[O-])ccc1N.NC1CCC(NCC(=O)O)CC1.NCCc1ccc(N)cc1.Nc1cc(N)c(C(=O)O)c(N)c1.Nc1cc(N)cc(C(=O)O)c1.Nc1ccc(C(=O)O)cc1N.Nc1ccc(CC(=O)O)cc1.Nc1ccc(N2CCOCC2)cc1.Nc1ccc(Oc2ccccc2)cc1.Nc1ccc(S(=O)(=O)NC(=O)c2ccccc2)cc1. The first-order valence-corrected chi connectivity index (χ1v) is 39.5. The first kappa shape index (κ1) is 102. The Hall–Kier alpha value is -15.8. The lowest BCUT2D eigenvalue weighted by Gasteiger charge is -2.28. The highest BCUT2D eigenvalue weighted by molar-refractivity contribution is 7.90. The second-order valence-electron chi connectivity index (χ2n) is 27.0. The molecule has 125 heavy (non-hydrogen) atoms. The Morgan fingerprint density at radius 2 is 0.928 bits per heavy atom. The quantitative estimate of drug-likeness (QED) is 0.0216. The van der Waals surface area contributed by atoms with E-state index >= 15 is 0 Å². The van der Waals surface area contributed by atoms with Gasteiger partial charge in [-0.2, -0.15) is 0 Å². The van der Waals surface area contributed by atoms with Crippen molar-refractivity contribution in [2.45, 2.75) is 55.5 Å². The zero-order chi connectivity index (χ0) is 92.7. The number of benzene rings is 11. The number of hydrogen-bond donors (Lipinski definition) is 23. The van der Waals surface area contributed by atoms with Crippen LogP contribution in [0.2, 0.25) is 0 Å². The van der Waals surface area contributed by atoms with E-state index in [9.17, 15) is 47.3 Å².